The van der Waals surface area contributed by atoms with Crippen LogP contribution in [-0.4, -0.2) is 32.6 Å². The summed E-state index contributed by atoms with van der Waals surface area (Å²) in [5, 5.41) is 3.18. The molecule has 1 aliphatic heterocycles. The summed E-state index contributed by atoms with van der Waals surface area (Å²) in [7, 11) is 1.66. The zero-order chi connectivity index (χ0) is 6.74. The van der Waals surface area contributed by atoms with Crippen molar-refractivity contribution in [1.29, 1.82) is 0 Å². The van der Waals surface area contributed by atoms with Gasteiger partial charge in [0.15, 0.2) is 5.79 Å². The van der Waals surface area contributed by atoms with E-state index in [9.17, 15) is 0 Å². The second kappa shape index (κ2) is 4.13. The third-order valence-corrected chi connectivity index (χ3v) is 1.56. The van der Waals surface area contributed by atoms with Gasteiger partial charge in [-0.2, -0.15) is 0 Å². The van der Waals surface area contributed by atoms with Gasteiger partial charge < -0.3 is 14.8 Å². The van der Waals surface area contributed by atoms with Gasteiger partial charge in [0.2, 0.25) is 0 Å². The van der Waals surface area contributed by atoms with Crippen molar-refractivity contribution in [2.75, 3.05) is 26.8 Å². The monoisotopic (exact) mass is 167 g/mol. The molecular weight excluding hydrogens is 154 g/mol. The van der Waals surface area contributed by atoms with Gasteiger partial charge in [0.25, 0.3) is 0 Å². The average Bonchev–Trinajstić information content (AvgIpc) is 1.90. The highest BCUT2D eigenvalue weighted by Crippen LogP contribution is 2.11. The first-order chi connectivity index (χ1) is 4.27. The van der Waals surface area contributed by atoms with Crippen molar-refractivity contribution in [3.63, 3.8) is 0 Å². The summed E-state index contributed by atoms with van der Waals surface area (Å²) in [5.41, 5.74) is 0. The highest BCUT2D eigenvalue weighted by atomic mass is 35.5. The molecule has 1 rings (SSSR count). The molecule has 1 heterocycles. The molecule has 0 aromatic heterocycles. The molecule has 0 spiro atoms. The van der Waals surface area contributed by atoms with Crippen molar-refractivity contribution < 1.29 is 9.47 Å². The lowest BCUT2D eigenvalue weighted by Crippen LogP contribution is -2.48. The number of hydrogen-bond acceptors (Lipinski definition) is 3. The van der Waals surface area contributed by atoms with Crippen LogP contribution in [-0.2, 0) is 9.47 Å². The molecular formula is C6H14ClNO2. The summed E-state index contributed by atoms with van der Waals surface area (Å²) in [6.45, 7) is 4.38. The quantitative estimate of drug-likeness (QED) is 0.613. The minimum Gasteiger partial charge on any atom is -0.352 e. The lowest BCUT2D eigenvalue weighted by atomic mass is 10.3. The minimum atomic E-state index is -0.391. The highest BCUT2D eigenvalue weighted by Gasteiger charge is 2.26. The summed E-state index contributed by atoms with van der Waals surface area (Å²) in [5.74, 6) is -0.391. The Morgan fingerprint density at radius 2 is 2.30 bits per heavy atom. The van der Waals surface area contributed by atoms with Crippen LogP contribution < -0.4 is 5.32 Å². The molecule has 0 saturated carbocycles. The van der Waals surface area contributed by atoms with Gasteiger partial charge in [-0.1, -0.05) is 0 Å². The molecule has 3 nitrogen and oxygen atoms in total. The predicted octanol–water partition coefficient (Wildman–Crippen LogP) is 0.391. The Morgan fingerprint density at radius 3 is 2.60 bits per heavy atom. The van der Waals surface area contributed by atoms with Gasteiger partial charge in [-0.05, 0) is 6.92 Å². The van der Waals surface area contributed by atoms with Crippen molar-refractivity contribution in [3.05, 3.63) is 0 Å². The number of methoxy groups -OCH3 is 1. The minimum absolute atomic E-state index is 0. The second-order valence-corrected chi connectivity index (χ2v) is 2.36. The van der Waals surface area contributed by atoms with Gasteiger partial charge in [-0.3, -0.25) is 0 Å². The van der Waals surface area contributed by atoms with E-state index in [0.29, 0.717) is 0 Å². The molecule has 1 aliphatic rings. The summed E-state index contributed by atoms with van der Waals surface area (Å²) in [6.07, 6.45) is 0. The molecule has 0 radical (unpaired) electrons. The predicted molar refractivity (Wildman–Crippen MR) is 41.5 cm³/mol. The van der Waals surface area contributed by atoms with E-state index in [2.05, 4.69) is 5.32 Å². The molecule has 4 heteroatoms. The van der Waals surface area contributed by atoms with E-state index in [0.717, 1.165) is 19.7 Å². The van der Waals surface area contributed by atoms with Crippen LogP contribution in [0.4, 0.5) is 0 Å². The highest BCUT2D eigenvalue weighted by molar-refractivity contribution is 5.85. The largest absolute Gasteiger partial charge is 0.352 e. The molecule has 0 bridgehead atoms. The Hall–Kier alpha value is 0.170. The summed E-state index contributed by atoms with van der Waals surface area (Å²) in [4.78, 5) is 0. The van der Waals surface area contributed by atoms with Crippen LogP contribution in [0.25, 0.3) is 0 Å². The Kier molecular flexibility index (Phi) is 4.20. The van der Waals surface area contributed by atoms with Crippen LogP contribution in [0.1, 0.15) is 6.92 Å². The number of ether oxygens (including phenoxy) is 2. The van der Waals surface area contributed by atoms with E-state index < -0.39 is 5.79 Å². The average molecular weight is 168 g/mol. The van der Waals surface area contributed by atoms with Crippen LogP contribution in [0.2, 0.25) is 0 Å². The number of nitrogens with one attached hydrogen (secondary N) is 1. The first-order valence-corrected chi connectivity index (χ1v) is 3.17. The smallest absolute Gasteiger partial charge is 0.177 e. The van der Waals surface area contributed by atoms with Crippen molar-refractivity contribution in [3.8, 4) is 0 Å². The van der Waals surface area contributed by atoms with Crippen LogP contribution in [0.15, 0.2) is 0 Å². The second-order valence-electron chi connectivity index (χ2n) is 2.36. The van der Waals surface area contributed by atoms with Gasteiger partial charge in [0, 0.05) is 20.2 Å². The fourth-order valence-electron chi connectivity index (χ4n) is 0.837. The van der Waals surface area contributed by atoms with Gasteiger partial charge in [0.1, 0.15) is 0 Å². The molecule has 10 heavy (non-hydrogen) atoms. The van der Waals surface area contributed by atoms with Crippen molar-refractivity contribution in [2.45, 2.75) is 12.7 Å². The zero-order valence-electron chi connectivity index (χ0n) is 6.35. The Balaban J connectivity index is 0.000000810. The summed E-state index contributed by atoms with van der Waals surface area (Å²) < 4.78 is 10.4. The molecule has 1 N–H and O–H groups in total. The molecule has 1 saturated heterocycles. The molecule has 0 aliphatic carbocycles. The maximum absolute atomic E-state index is 5.33. The van der Waals surface area contributed by atoms with Gasteiger partial charge in [-0.25, -0.2) is 0 Å². The third-order valence-electron chi connectivity index (χ3n) is 1.56. The topological polar surface area (TPSA) is 30.5 Å². The molecule has 1 fully saturated rings. The first kappa shape index (κ1) is 10.2. The Morgan fingerprint density at radius 1 is 1.60 bits per heavy atom. The zero-order valence-corrected chi connectivity index (χ0v) is 7.16. The van der Waals surface area contributed by atoms with Crippen molar-refractivity contribution >= 4 is 12.4 Å². The number of morpholine rings is 1. The number of halogens is 1. The Bertz CT molecular complexity index is 93.7. The summed E-state index contributed by atoms with van der Waals surface area (Å²) >= 11 is 0. The molecule has 0 amide bonds. The molecule has 62 valence electrons. The molecule has 0 aromatic rings. The van der Waals surface area contributed by atoms with E-state index in [1.165, 1.54) is 0 Å². The number of hydrogen-bond donors (Lipinski definition) is 1. The van der Waals surface area contributed by atoms with E-state index in [4.69, 9.17) is 9.47 Å². The molecule has 1 atom stereocenters. The van der Waals surface area contributed by atoms with Crippen LogP contribution in [0, 0.1) is 0 Å². The SMILES string of the molecule is CO[C@]1(C)CNCCO1.Cl. The van der Waals surface area contributed by atoms with Crippen LogP contribution in [0.5, 0.6) is 0 Å². The van der Waals surface area contributed by atoms with E-state index >= 15 is 0 Å². The molecule has 0 aromatic carbocycles. The van der Waals surface area contributed by atoms with E-state index in [-0.39, 0.29) is 12.4 Å². The fourth-order valence-corrected chi connectivity index (χ4v) is 0.837. The Labute approximate surface area is 67.5 Å². The van der Waals surface area contributed by atoms with Crippen LogP contribution >= 0.6 is 12.4 Å². The van der Waals surface area contributed by atoms with E-state index in [1.54, 1.807) is 7.11 Å². The van der Waals surface area contributed by atoms with Gasteiger partial charge >= 0.3 is 0 Å². The van der Waals surface area contributed by atoms with Gasteiger partial charge in [-0.15, -0.1) is 12.4 Å². The normalized spacial score (nSPS) is 33.0. The first-order valence-electron chi connectivity index (χ1n) is 3.17. The number of rotatable bonds is 1. The van der Waals surface area contributed by atoms with Crippen molar-refractivity contribution in [2.24, 2.45) is 0 Å². The van der Waals surface area contributed by atoms with E-state index in [1.807, 2.05) is 6.92 Å². The fraction of sp³-hybridized carbons (Fsp3) is 1.00. The lowest BCUT2D eigenvalue weighted by molar-refractivity contribution is -0.219. The van der Waals surface area contributed by atoms with Crippen molar-refractivity contribution in [1.82, 2.24) is 5.32 Å². The third kappa shape index (κ3) is 2.42. The molecule has 0 unspecified atom stereocenters. The maximum Gasteiger partial charge on any atom is 0.177 e. The lowest BCUT2D eigenvalue weighted by Gasteiger charge is -2.32. The van der Waals surface area contributed by atoms with Crippen LogP contribution in [0.3, 0.4) is 0 Å². The summed E-state index contributed by atoms with van der Waals surface area (Å²) in [6, 6.07) is 0. The van der Waals surface area contributed by atoms with Gasteiger partial charge in [0.05, 0.1) is 6.61 Å². The maximum atomic E-state index is 5.33. The standard InChI is InChI=1S/C6H13NO2.ClH/c1-6(8-2)5-7-3-4-9-6;/h7H,3-5H2,1-2H3;1H/t6-;/m0./s1.